The maximum Gasteiger partial charge on any atom is 0.339 e. The van der Waals surface area contributed by atoms with Crippen LogP contribution in [0.25, 0.3) is 11.4 Å². The molecule has 5 heteroatoms. The summed E-state index contributed by atoms with van der Waals surface area (Å²) in [6.07, 6.45) is 0.0853. The number of hydrogen-bond acceptors (Lipinski definition) is 2. The summed E-state index contributed by atoms with van der Waals surface area (Å²) in [5, 5.41) is 11.6. The maximum atomic E-state index is 13.6. The number of hydrogen-bond donors (Lipinski definition) is 0. The third-order valence-electron chi connectivity index (χ3n) is 2.46. The van der Waals surface area contributed by atoms with Gasteiger partial charge in [0.05, 0.1) is 5.56 Å². The smallest absolute Gasteiger partial charge is 0.339 e. The predicted molar refractivity (Wildman–Crippen MR) is 57.9 cm³/mol. The summed E-state index contributed by atoms with van der Waals surface area (Å²) in [5.41, 5.74) is 0.0858. The molecule has 0 unspecified atom stereocenters. The van der Waals surface area contributed by atoms with Crippen molar-refractivity contribution in [2.24, 2.45) is 0 Å². The summed E-state index contributed by atoms with van der Waals surface area (Å²) in [7, 11) is 0. The Balaban J connectivity index is 2.65. The van der Waals surface area contributed by atoms with Gasteiger partial charge in [-0.25, -0.2) is 4.73 Å². The Morgan fingerprint density at radius 1 is 1.24 bits per heavy atom. The largest absolute Gasteiger partial charge is 0.708 e. The van der Waals surface area contributed by atoms with Gasteiger partial charge in [-0.15, -0.1) is 0 Å². The van der Waals surface area contributed by atoms with E-state index in [2.05, 4.69) is 4.98 Å². The first-order valence-electron chi connectivity index (χ1n) is 5.18. The van der Waals surface area contributed by atoms with Crippen molar-refractivity contribution in [3.8, 4) is 11.4 Å². The molecule has 1 aromatic heterocycles. The molecule has 0 amide bonds. The highest BCUT2D eigenvalue weighted by Crippen LogP contribution is 2.16. The topological polar surface area (TPSA) is 39.8 Å². The zero-order valence-electron chi connectivity index (χ0n) is 9.15. The fourth-order valence-corrected chi connectivity index (χ4v) is 1.57. The van der Waals surface area contributed by atoms with E-state index < -0.39 is 11.9 Å². The van der Waals surface area contributed by atoms with Crippen LogP contribution in [0.2, 0.25) is 0 Å². The SMILES string of the molecule is CCc1c(F)nc(-c2ccccc2)[n+]([O-])c1F. The van der Waals surface area contributed by atoms with Crippen molar-refractivity contribution in [1.82, 2.24) is 4.98 Å². The van der Waals surface area contributed by atoms with E-state index in [4.69, 9.17) is 0 Å². The van der Waals surface area contributed by atoms with Gasteiger partial charge in [-0.3, -0.25) is 0 Å². The molecule has 0 aliphatic carbocycles. The maximum absolute atomic E-state index is 13.6. The van der Waals surface area contributed by atoms with Crippen LogP contribution in [-0.2, 0) is 6.42 Å². The van der Waals surface area contributed by atoms with Crippen molar-refractivity contribution in [3.05, 3.63) is 53.0 Å². The molecule has 0 aliphatic rings. The molecule has 0 radical (unpaired) electrons. The summed E-state index contributed by atoms with van der Waals surface area (Å²) in [6.45, 7) is 1.56. The third kappa shape index (κ3) is 1.95. The minimum absolute atomic E-state index is 0.0250. The van der Waals surface area contributed by atoms with Crippen molar-refractivity contribution < 1.29 is 13.5 Å². The monoisotopic (exact) mass is 236 g/mol. The Morgan fingerprint density at radius 3 is 2.47 bits per heavy atom. The average molecular weight is 236 g/mol. The van der Waals surface area contributed by atoms with Crippen LogP contribution in [0.15, 0.2) is 30.3 Å². The van der Waals surface area contributed by atoms with Crippen LogP contribution in [0.5, 0.6) is 0 Å². The van der Waals surface area contributed by atoms with Gasteiger partial charge in [0.15, 0.2) is 0 Å². The predicted octanol–water partition coefficient (Wildman–Crippen LogP) is 2.22. The summed E-state index contributed by atoms with van der Waals surface area (Å²) in [6, 6.07) is 8.22. The van der Waals surface area contributed by atoms with Crippen LogP contribution in [0, 0.1) is 17.1 Å². The standard InChI is InChI=1S/C12H10F2N2O/c1-2-9-10(13)15-12(16(17)11(9)14)8-6-4-3-5-7-8/h3-7H,2H2,1H3. The number of benzene rings is 1. The van der Waals surface area contributed by atoms with Crippen LogP contribution >= 0.6 is 0 Å². The van der Waals surface area contributed by atoms with Gasteiger partial charge >= 0.3 is 11.8 Å². The Hall–Kier alpha value is -2.04. The molecule has 17 heavy (non-hydrogen) atoms. The Kier molecular flexibility index (Phi) is 2.99. The molecular formula is C12H10F2N2O. The Bertz CT molecular complexity index is 544. The second-order valence-corrected chi connectivity index (χ2v) is 3.51. The molecule has 1 heterocycles. The summed E-state index contributed by atoms with van der Waals surface area (Å²) in [5.74, 6) is -2.33. The lowest BCUT2D eigenvalue weighted by atomic mass is 10.2. The van der Waals surface area contributed by atoms with Gasteiger partial charge in [0.2, 0.25) is 0 Å². The molecule has 1 aromatic carbocycles. The minimum Gasteiger partial charge on any atom is -0.708 e. The molecule has 0 bridgehead atoms. The summed E-state index contributed by atoms with van der Waals surface area (Å²) in [4.78, 5) is 3.52. The van der Waals surface area contributed by atoms with E-state index in [0.717, 1.165) is 0 Å². The first-order valence-corrected chi connectivity index (χ1v) is 5.18. The van der Waals surface area contributed by atoms with E-state index in [9.17, 15) is 14.0 Å². The lowest BCUT2D eigenvalue weighted by molar-refractivity contribution is -0.629. The van der Waals surface area contributed by atoms with Crippen LogP contribution in [0.3, 0.4) is 0 Å². The molecule has 0 atom stereocenters. The number of halogens is 2. The van der Waals surface area contributed by atoms with Crippen LogP contribution < -0.4 is 4.73 Å². The molecule has 0 aliphatic heterocycles. The molecule has 0 spiro atoms. The lowest BCUT2D eigenvalue weighted by Crippen LogP contribution is -2.37. The highest BCUT2D eigenvalue weighted by molar-refractivity contribution is 5.51. The van der Waals surface area contributed by atoms with Gasteiger partial charge in [-0.05, 0) is 23.5 Å². The number of nitrogens with zero attached hydrogens (tertiary/aromatic N) is 2. The van der Waals surface area contributed by atoms with Gasteiger partial charge in [0.1, 0.15) is 5.56 Å². The van der Waals surface area contributed by atoms with Gasteiger partial charge in [-0.1, -0.05) is 25.1 Å². The van der Waals surface area contributed by atoms with Gasteiger partial charge < -0.3 is 5.21 Å². The number of rotatable bonds is 2. The molecular weight excluding hydrogens is 226 g/mol. The van der Waals surface area contributed by atoms with Crippen molar-refractivity contribution in [2.75, 3.05) is 0 Å². The zero-order valence-corrected chi connectivity index (χ0v) is 9.15. The quantitative estimate of drug-likeness (QED) is 0.455. The first-order chi connectivity index (χ1) is 8.15. The zero-order chi connectivity index (χ0) is 12.4. The van der Waals surface area contributed by atoms with Crippen molar-refractivity contribution in [1.29, 1.82) is 0 Å². The van der Waals surface area contributed by atoms with Gasteiger partial charge in [0.25, 0.3) is 5.95 Å². The van der Waals surface area contributed by atoms with E-state index in [1.807, 2.05) is 0 Å². The fourth-order valence-electron chi connectivity index (χ4n) is 1.57. The molecule has 0 saturated carbocycles. The Morgan fingerprint density at radius 2 is 1.88 bits per heavy atom. The highest BCUT2D eigenvalue weighted by atomic mass is 19.1. The second kappa shape index (κ2) is 4.45. The summed E-state index contributed by atoms with van der Waals surface area (Å²) >= 11 is 0. The van der Waals surface area contributed by atoms with Crippen molar-refractivity contribution in [3.63, 3.8) is 0 Å². The van der Waals surface area contributed by atoms with Crippen molar-refractivity contribution in [2.45, 2.75) is 13.3 Å². The molecule has 3 nitrogen and oxygen atoms in total. The molecule has 2 rings (SSSR count). The average Bonchev–Trinajstić information content (AvgIpc) is 2.35. The van der Waals surface area contributed by atoms with E-state index in [0.29, 0.717) is 5.56 Å². The Labute approximate surface area is 96.9 Å². The van der Waals surface area contributed by atoms with Crippen LogP contribution in [0.1, 0.15) is 12.5 Å². The third-order valence-corrected chi connectivity index (χ3v) is 2.46. The van der Waals surface area contributed by atoms with Crippen LogP contribution in [0.4, 0.5) is 8.78 Å². The van der Waals surface area contributed by atoms with E-state index in [1.165, 1.54) is 0 Å². The van der Waals surface area contributed by atoms with E-state index in [-0.39, 0.29) is 22.5 Å². The lowest BCUT2D eigenvalue weighted by Gasteiger charge is -2.09. The molecule has 0 saturated heterocycles. The van der Waals surface area contributed by atoms with E-state index in [1.54, 1.807) is 37.3 Å². The molecule has 2 aromatic rings. The van der Waals surface area contributed by atoms with E-state index >= 15 is 0 Å². The summed E-state index contributed by atoms with van der Waals surface area (Å²) < 4.78 is 27.1. The minimum atomic E-state index is -1.13. The molecule has 0 fully saturated rings. The van der Waals surface area contributed by atoms with Gasteiger partial charge in [0, 0.05) is 0 Å². The van der Waals surface area contributed by atoms with Crippen LogP contribution in [-0.4, -0.2) is 4.98 Å². The van der Waals surface area contributed by atoms with Gasteiger partial charge in [-0.2, -0.15) is 8.78 Å². The normalized spacial score (nSPS) is 10.5. The van der Waals surface area contributed by atoms with Crippen molar-refractivity contribution >= 4 is 0 Å². The fraction of sp³-hybridized carbons (Fsp3) is 0.167. The number of aromatic nitrogens is 2. The second-order valence-electron chi connectivity index (χ2n) is 3.51. The molecule has 0 N–H and O–H groups in total. The molecule has 88 valence electrons. The highest BCUT2D eigenvalue weighted by Gasteiger charge is 2.23. The first kappa shape index (κ1) is 11.4.